The number of aromatic nitrogens is 4. The quantitative estimate of drug-likeness (QED) is 0.376. The van der Waals surface area contributed by atoms with Crippen molar-refractivity contribution >= 4 is 34.4 Å². The van der Waals surface area contributed by atoms with E-state index in [2.05, 4.69) is 36.6 Å². The van der Waals surface area contributed by atoms with Crippen LogP contribution in [0.5, 0.6) is 0 Å². The molecule has 5 heterocycles. The van der Waals surface area contributed by atoms with Crippen LogP contribution in [0.1, 0.15) is 18.5 Å². The van der Waals surface area contributed by atoms with Gasteiger partial charge < -0.3 is 9.15 Å². The summed E-state index contributed by atoms with van der Waals surface area (Å²) in [5, 5.41) is 14.9. The lowest BCUT2D eigenvalue weighted by molar-refractivity contribution is 0.0953. The van der Waals surface area contributed by atoms with Crippen molar-refractivity contribution < 1.29 is 9.15 Å². The van der Waals surface area contributed by atoms with Crippen LogP contribution in [-0.4, -0.2) is 32.5 Å². The summed E-state index contributed by atoms with van der Waals surface area (Å²) in [6.45, 7) is 1.63. The second-order valence-corrected chi connectivity index (χ2v) is 9.19. The highest BCUT2D eigenvalue weighted by Crippen LogP contribution is 2.31. The van der Waals surface area contributed by atoms with Crippen LogP contribution in [0.3, 0.4) is 0 Å². The number of thiazole rings is 1. The second-order valence-electron chi connectivity index (χ2n) is 6.44. The summed E-state index contributed by atoms with van der Waals surface area (Å²) in [4.78, 5) is 5.81. The topological polar surface area (TPSA) is 66.0 Å². The highest BCUT2D eigenvalue weighted by Gasteiger charge is 2.22. The van der Waals surface area contributed by atoms with E-state index in [9.17, 15) is 0 Å². The molecule has 1 aliphatic rings. The third-order valence-corrected chi connectivity index (χ3v) is 7.27. The van der Waals surface area contributed by atoms with Gasteiger partial charge in [-0.1, -0.05) is 17.8 Å². The minimum Gasteiger partial charge on any atom is -0.462 e. The minimum atomic E-state index is 0.235. The number of furan rings is 1. The molecule has 1 aliphatic heterocycles. The molecule has 0 bridgehead atoms. The summed E-state index contributed by atoms with van der Waals surface area (Å²) in [5.41, 5.74) is 1.02. The predicted octanol–water partition coefficient (Wildman–Crippen LogP) is 5.19. The third kappa shape index (κ3) is 3.80. The van der Waals surface area contributed by atoms with Gasteiger partial charge in [0.05, 0.1) is 29.5 Å². The Labute approximate surface area is 174 Å². The van der Waals surface area contributed by atoms with E-state index in [1.165, 1.54) is 0 Å². The van der Waals surface area contributed by atoms with E-state index in [4.69, 9.17) is 9.15 Å². The summed E-state index contributed by atoms with van der Waals surface area (Å²) >= 11 is 4.94. The molecule has 0 spiro atoms. The number of thioether (sulfide) groups is 1. The lowest BCUT2D eigenvalue weighted by Gasteiger charge is -2.14. The van der Waals surface area contributed by atoms with E-state index in [1.54, 1.807) is 40.7 Å². The van der Waals surface area contributed by atoms with Crippen molar-refractivity contribution in [1.29, 1.82) is 0 Å². The van der Waals surface area contributed by atoms with Crippen molar-refractivity contribution in [2.45, 2.75) is 36.4 Å². The Morgan fingerprint density at radius 1 is 1.21 bits per heavy atom. The fraction of sp³-hybridized carbons (Fsp3) is 0.316. The van der Waals surface area contributed by atoms with Crippen LogP contribution in [0.15, 0.2) is 50.9 Å². The molecule has 6 nitrogen and oxygen atoms in total. The molecule has 0 aliphatic carbocycles. The fourth-order valence-electron chi connectivity index (χ4n) is 3.17. The highest BCUT2D eigenvalue weighted by molar-refractivity contribution is 7.98. The van der Waals surface area contributed by atoms with Gasteiger partial charge in [-0.3, -0.25) is 4.57 Å². The minimum absolute atomic E-state index is 0.235. The van der Waals surface area contributed by atoms with Crippen LogP contribution in [0.25, 0.3) is 21.5 Å². The van der Waals surface area contributed by atoms with Crippen molar-refractivity contribution in [3.05, 3.63) is 47.0 Å². The normalized spacial score (nSPS) is 16.8. The number of hydrogen-bond acceptors (Lipinski definition) is 8. The maximum Gasteiger partial charge on any atom is 0.191 e. The molecule has 1 unspecified atom stereocenters. The number of rotatable bonds is 7. The number of ether oxygens (including phenoxy) is 1. The van der Waals surface area contributed by atoms with Crippen LogP contribution >= 0.6 is 34.4 Å². The van der Waals surface area contributed by atoms with Gasteiger partial charge in [0, 0.05) is 17.7 Å². The molecular weight excluding hydrogens is 412 g/mol. The summed E-state index contributed by atoms with van der Waals surface area (Å²) < 4.78 is 13.5. The lowest BCUT2D eigenvalue weighted by atomic mass is 10.2. The molecule has 28 heavy (non-hydrogen) atoms. The predicted molar refractivity (Wildman–Crippen MR) is 112 cm³/mol. The summed E-state index contributed by atoms with van der Waals surface area (Å²) in [7, 11) is 0. The van der Waals surface area contributed by atoms with Gasteiger partial charge in [-0.15, -0.1) is 32.9 Å². The van der Waals surface area contributed by atoms with E-state index >= 15 is 0 Å². The van der Waals surface area contributed by atoms with Crippen molar-refractivity contribution in [1.82, 2.24) is 19.7 Å². The van der Waals surface area contributed by atoms with Crippen LogP contribution in [0, 0.1) is 0 Å². The molecular formula is C19H18N4O2S3. The Morgan fingerprint density at radius 3 is 3.00 bits per heavy atom. The third-order valence-electron chi connectivity index (χ3n) is 4.50. The van der Waals surface area contributed by atoms with Gasteiger partial charge in [0.2, 0.25) is 0 Å². The van der Waals surface area contributed by atoms with Gasteiger partial charge >= 0.3 is 0 Å². The molecule has 0 aromatic carbocycles. The van der Waals surface area contributed by atoms with Gasteiger partial charge in [-0.2, -0.15) is 0 Å². The van der Waals surface area contributed by atoms with Crippen molar-refractivity contribution in [2.24, 2.45) is 0 Å². The Kier molecular flexibility index (Phi) is 5.30. The standard InChI is InChI=1S/C19H18N4O2S3/c1-4-14(24-7-1)10-23-17(16-6-3-9-26-16)21-22-19(23)28-12-13-11-27-18(20-13)15-5-2-8-25-15/h2-3,5-6,8-9,11,14H,1,4,7,10,12H2. The first-order valence-electron chi connectivity index (χ1n) is 9.06. The second kappa shape index (κ2) is 8.20. The molecule has 4 aromatic rings. The van der Waals surface area contributed by atoms with E-state index in [-0.39, 0.29) is 6.10 Å². The molecule has 0 saturated carbocycles. The van der Waals surface area contributed by atoms with Crippen molar-refractivity contribution in [2.75, 3.05) is 6.61 Å². The van der Waals surface area contributed by atoms with Crippen LogP contribution in [0.4, 0.5) is 0 Å². The van der Waals surface area contributed by atoms with Crippen molar-refractivity contribution in [3.63, 3.8) is 0 Å². The Balaban J connectivity index is 1.35. The average Bonchev–Trinajstić information content (AvgIpc) is 3.53. The van der Waals surface area contributed by atoms with Crippen LogP contribution < -0.4 is 0 Å². The summed E-state index contributed by atoms with van der Waals surface area (Å²) in [5.74, 6) is 2.47. The van der Waals surface area contributed by atoms with E-state index in [1.807, 2.05) is 18.2 Å². The van der Waals surface area contributed by atoms with Gasteiger partial charge in [0.1, 0.15) is 0 Å². The molecule has 1 saturated heterocycles. The Bertz CT molecular complexity index is 1020. The van der Waals surface area contributed by atoms with Gasteiger partial charge in [0.25, 0.3) is 0 Å². The van der Waals surface area contributed by atoms with Crippen molar-refractivity contribution in [3.8, 4) is 21.5 Å². The Hall–Kier alpha value is -1.94. The monoisotopic (exact) mass is 430 g/mol. The first kappa shape index (κ1) is 18.1. The first-order valence-corrected chi connectivity index (χ1v) is 11.8. The SMILES string of the molecule is c1coc(-c2nc(CSc3nnc(-c4cccs4)n3CC3CCCO3)cs2)c1. The zero-order valence-corrected chi connectivity index (χ0v) is 17.4. The van der Waals surface area contributed by atoms with Gasteiger partial charge in [-0.05, 0) is 36.4 Å². The Morgan fingerprint density at radius 2 is 2.21 bits per heavy atom. The molecule has 0 amide bonds. The maximum absolute atomic E-state index is 5.86. The molecule has 144 valence electrons. The van der Waals surface area contributed by atoms with Gasteiger partial charge in [0.15, 0.2) is 21.7 Å². The average molecular weight is 431 g/mol. The largest absolute Gasteiger partial charge is 0.462 e. The number of hydrogen-bond donors (Lipinski definition) is 0. The first-order chi connectivity index (χ1) is 13.9. The molecule has 0 radical (unpaired) electrons. The molecule has 0 N–H and O–H groups in total. The molecule has 5 rings (SSSR count). The van der Waals surface area contributed by atoms with E-state index in [0.717, 1.165) is 64.1 Å². The molecule has 4 aromatic heterocycles. The number of nitrogens with zero attached hydrogens (tertiary/aromatic N) is 4. The molecule has 1 fully saturated rings. The van der Waals surface area contributed by atoms with Gasteiger partial charge in [-0.25, -0.2) is 4.98 Å². The number of thiophene rings is 1. The van der Waals surface area contributed by atoms with E-state index < -0.39 is 0 Å². The summed E-state index contributed by atoms with van der Waals surface area (Å²) in [6, 6.07) is 7.95. The fourth-order valence-corrected chi connectivity index (χ4v) is 5.61. The smallest absolute Gasteiger partial charge is 0.191 e. The zero-order valence-electron chi connectivity index (χ0n) is 15.0. The highest BCUT2D eigenvalue weighted by atomic mass is 32.2. The maximum atomic E-state index is 5.86. The molecule has 9 heteroatoms. The zero-order chi connectivity index (χ0) is 18.8. The van der Waals surface area contributed by atoms with E-state index in [0.29, 0.717) is 0 Å². The van der Waals surface area contributed by atoms with Crippen LogP contribution in [-0.2, 0) is 17.0 Å². The lowest BCUT2D eigenvalue weighted by Crippen LogP contribution is -2.16. The molecule has 1 atom stereocenters. The summed E-state index contributed by atoms with van der Waals surface area (Å²) in [6.07, 6.45) is 4.12. The van der Waals surface area contributed by atoms with Crippen LogP contribution in [0.2, 0.25) is 0 Å².